The smallest absolute Gasteiger partial charge is 0.166 e. The van der Waals surface area contributed by atoms with Crippen molar-refractivity contribution in [3.63, 3.8) is 0 Å². The predicted molar refractivity (Wildman–Crippen MR) is 70.2 cm³/mol. The molecule has 1 aromatic carbocycles. The first-order chi connectivity index (χ1) is 8.88. The number of rotatable bonds is 6. The van der Waals surface area contributed by atoms with Gasteiger partial charge in [-0.3, -0.25) is 0 Å². The van der Waals surface area contributed by atoms with Crippen LogP contribution in [-0.4, -0.2) is 16.5 Å². The lowest BCUT2D eigenvalue weighted by Crippen LogP contribution is -2.14. The van der Waals surface area contributed by atoms with Gasteiger partial charge in [-0.2, -0.15) is 0 Å². The molecule has 0 fully saturated rings. The van der Waals surface area contributed by atoms with Crippen molar-refractivity contribution in [2.75, 3.05) is 6.54 Å². The average molecular weight is 243 g/mol. The van der Waals surface area contributed by atoms with Crippen LogP contribution in [0.5, 0.6) is 5.75 Å². The highest BCUT2D eigenvalue weighted by molar-refractivity contribution is 5.21. The van der Waals surface area contributed by atoms with Gasteiger partial charge in [0.05, 0.1) is 5.69 Å². The summed E-state index contributed by atoms with van der Waals surface area (Å²) in [5.74, 6) is 1.53. The number of aromatic nitrogens is 2. The molecular weight excluding hydrogens is 226 g/mol. The van der Waals surface area contributed by atoms with Crippen LogP contribution in [0.15, 0.2) is 42.6 Å². The van der Waals surface area contributed by atoms with E-state index in [4.69, 9.17) is 4.74 Å². The highest BCUT2D eigenvalue weighted by Gasteiger charge is 2.00. The summed E-state index contributed by atoms with van der Waals surface area (Å²) in [5, 5.41) is 3.23. The van der Waals surface area contributed by atoms with E-state index in [0.29, 0.717) is 12.4 Å². The van der Waals surface area contributed by atoms with Gasteiger partial charge in [-0.05, 0) is 24.7 Å². The molecule has 0 aliphatic heterocycles. The standard InChI is InChI=1S/C14H17N3O/c1-2-15-10-12-8-9-16-14(17-12)11-18-13-6-4-3-5-7-13/h3-9,15H,2,10-11H2,1H3. The lowest BCUT2D eigenvalue weighted by atomic mass is 10.3. The number of hydrogen-bond donors (Lipinski definition) is 1. The van der Waals surface area contributed by atoms with Crippen LogP contribution in [-0.2, 0) is 13.2 Å². The molecule has 0 saturated heterocycles. The summed E-state index contributed by atoms with van der Waals surface area (Å²) in [6, 6.07) is 11.6. The Hall–Kier alpha value is -1.94. The van der Waals surface area contributed by atoms with E-state index < -0.39 is 0 Å². The van der Waals surface area contributed by atoms with E-state index in [-0.39, 0.29) is 0 Å². The molecule has 1 heterocycles. The minimum absolute atomic E-state index is 0.393. The Balaban J connectivity index is 1.93. The molecule has 0 aliphatic carbocycles. The molecule has 2 aromatic rings. The molecule has 0 radical (unpaired) electrons. The summed E-state index contributed by atoms with van der Waals surface area (Å²) >= 11 is 0. The average Bonchev–Trinajstić information content (AvgIpc) is 2.44. The topological polar surface area (TPSA) is 47.0 Å². The minimum atomic E-state index is 0.393. The van der Waals surface area contributed by atoms with E-state index in [9.17, 15) is 0 Å². The molecule has 0 atom stereocenters. The third-order valence-electron chi connectivity index (χ3n) is 2.43. The number of ether oxygens (including phenoxy) is 1. The largest absolute Gasteiger partial charge is 0.486 e. The van der Waals surface area contributed by atoms with Gasteiger partial charge in [0.25, 0.3) is 0 Å². The van der Waals surface area contributed by atoms with E-state index in [1.54, 1.807) is 6.20 Å². The second-order valence-electron chi connectivity index (χ2n) is 3.85. The van der Waals surface area contributed by atoms with E-state index in [1.165, 1.54) is 0 Å². The minimum Gasteiger partial charge on any atom is -0.486 e. The first kappa shape index (κ1) is 12.5. The molecule has 0 unspecified atom stereocenters. The molecule has 0 bridgehead atoms. The summed E-state index contributed by atoms with van der Waals surface area (Å²) in [6.07, 6.45) is 1.77. The molecule has 1 N–H and O–H groups in total. The van der Waals surface area contributed by atoms with Crippen molar-refractivity contribution < 1.29 is 4.74 Å². The van der Waals surface area contributed by atoms with Crippen molar-refractivity contribution in [2.45, 2.75) is 20.1 Å². The van der Waals surface area contributed by atoms with E-state index in [0.717, 1.165) is 24.5 Å². The zero-order chi connectivity index (χ0) is 12.6. The summed E-state index contributed by atoms with van der Waals surface area (Å²) < 4.78 is 5.61. The number of nitrogens with zero attached hydrogens (tertiary/aromatic N) is 2. The second kappa shape index (κ2) is 6.71. The summed E-state index contributed by atoms with van der Waals surface area (Å²) in [7, 11) is 0. The fraction of sp³-hybridized carbons (Fsp3) is 0.286. The Morgan fingerprint density at radius 2 is 2.00 bits per heavy atom. The van der Waals surface area contributed by atoms with Crippen molar-refractivity contribution >= 4 is 0 Å². The van der Waals surface area contributed by atoms with Gasteiger partial charge in [-0.1, -0.05) is 25.1 Å². The monoisotopic (exact) mass is 243 g/mol. The van der Waals surface area contributed by atoms with Crippen LogP contribution >= 0.6 is 0 Å². The van der Waals surface area contributed by atoms with Gasteiger partial charge in [-0.25, -0.2) is 9.97 Å². The Bertz CT molecular complexity index is 473. The molecule has 0 aliphatic rings. The van der Waals surface area contributed by atoms with Gasteiger partial charge in [-0.15, -0.1) is 0 Å². The third kappa shape index (κ3) is 3.82. The molecule has 0 spiro atoms. The maximum Gasteiger partial charge on any atom is 0.166 e. The van der Waals surface area contributed by atoms with Crippen molar-refractivity contribution in [3.8, 4) is 5.75 Å². The molecule has 4 nitrogen and oxygen atoms in total. The quantitative estimate of drug-likeness (QED) is 0.844. The van der Waals surface area contributed by atoms with Gasteiger partial charge in [0.1, 0.15) is 12.4 Å². The fourth-order valence-corrected chi connectivity index (χ4v) is 1.53. The molecular formula is C14H17N3O. The maximum absolute atomic E-state index is 5.61. The van der Waals surface area contributed by atoms with Crippen molar-refractivity contribution in [1.82, 2.24) is 15.3 Å². The van der Waals surface area contributed by atoms with Crippen LogP contribution in [0.25, 0.3) is 0 Å². The van der Waals surface area contributed by atoms with Gasteiger partial charge in [0, 0.05) is 12.7 Å². The molecule has 4 heteroatoms. The SMILES string of the molecule is CCNCc1ccnc(COc2ccccc2)n1. The van der Waals surface area contributed by atoms with Crippen molar-refractivity contribution in [2.24, 2.45) is 0 Å². The van der Waals surface area contributed by atoms with Crippen LogP contribution in [0.2, 0.25) is 0 Å². The summed E-state index contributed by atoms with van der Waals surface area (Å²) in [4.78, 5) is 8.63. The second-order valence-corrected chi connectivity index (χ2v) is 3.85. The lowest BCUT2D eigenvalue weighted by Gasteiger charge is -2.06. The third-order valence-corrected chi connectivity index (χ3v) is 2.43. The Morgan fingerprint density at radius 1 is 1.17 bits per heavy atom. The highest BCUT2D eigenvalue weighted by atomic mass is 16.5. The maximum atomic E-state index is 5.61. The van der Waals surface area contributed by atoms with Gasteiger partial charge in [0.2, 0.25) is 0 Å². The zero-order valence-corrected chi connectivity index (χ0v) is 10.5. The van der Waals surface area contributed by atoms with E-state index in [1.807, 2.05) is 36.4 Å². The van der Waals surface area contributed by atoms with Crippen LogP contribution < -0.4 is 10.1 Å². The fourth-order valence-electron chi connectivity index (χ4n) is 1.53. The number of hydrogen-bond acceptors (Lipinski definition) is 4. The van der Waals surface area contributed by atoms with Crippen LogP contribution in [0.1, 0.15) is 18.4 Å². The molecule has 0 amide bonds. The highest BCUT2D eigenvalue weighted by Crippen LogP contribution is 2.09. The predicted octanol–water partition coefficient (Wildman–Crippen LogP) is 2.17. The van der Waals surface area contributed by atoms with Crippen molar-refractivity contribution in [1.29, 1.82) is 0 Å². The first-order valence-electron chi connectivity index (χ1n) is 6.08. The molecule has 0 saturated carbocycles. The zero-order valence-electron chi connectivity index (χ0n) is 10.5. The molecule has 1 aromatic heterocycles. The summed E-state index contributed by atoms with van der Waals surface area (Å²) in [6.45, 7) is 4.15. The van der Waals surface area contributed by atoms with Crippen LogP contribution in [0.4, 0.5) is 0 Å². The van der Waals surface area contributed by atoms with Crippen molar-refractivity contribution in [3.05, 3.63) is 54.1 Å². The van der Waals surface area contributed by atoms with Crippen LogP contribution in [0.3, 0.4) is 0 Å². The molecule has 18 heavy (non-hydrogen) atoms. The van der Waals surface area contributed by atoms with Gasteiger partial charge >= 0.3 is 0 Å². The van der Waals surface area contributed by atoms with E-state index in [2.05, 4.69) is 22.2 Å². The Labute approximate surface area is 107 Å². The number of nitrogens with one attached hydrogen (secondary N) is 1. The number of para-hydroxylation sites is 1. The summed E-state index contributed by atoms with van der Waals surface area (Å²) in [5.41, 5.74) is 0.985. The number of benzene rings is 1. The molecule has 2 rings (SSSR count). The lowest BCUT2D eigenvalue weighted by molar-refractivity contribution is 0.295. The van der Waals surface area contributed by atoms with Crippen LogP contribution in [0, 0.1) is 0 Å². The van der Waals surface area contributed by atoms with E-state index >= 15 is 0 Å². The first-order valence-corrected chi connectivity index (χ1v) is 6.08. The molecule has 94 valence electrons. The normalized spacial score (nSPS) is 10.3. The van der Waals surface area contributed by atoms with Gasteiger partial charge in [0.15, 0.2) is 5.82 Å². The van der Waals surface area contributed by atoms with Gasteiger partial charge < -0.3 is 10.1 Å². The Kier molecular flexibility index (Phi) is 4.67. The Morgan fingerprint density at radius 3 is 2.78 bits per heavy atom.